The lowest BCUT2D eigenvalue weighted by Crippen LogP contribution is -2.22. The topological polar surface area (TPSA) is 113 Å². The van der Waals surface area contributed by atoms with Gasteiger partial charge in [0.15, 0.2) is 0 Å². The average molecular weight is 402 g/mol. The van der Waals surface area contributed by atoms with E-state index in [0.29, 0.717) is 17.9 Å². The number of hydrogen-bond donors (Lipinski definition) is 1. The van der Waals surface area contributed by atoms with E-state index in [4.69, 9.17) is 9.29 Å². The molecule has 0 saturated carbocycles. The molecule has 0 saturated heterocycles. The van der Waals surface area contributed by atoms with E-state index in [2.05, 4.69) is 4.52 Å². The van der Waals surface area contributed by atoms with Crippen LogP contribution in [0.1, 0.15) is 18.4 Å². The van der Waals surface area contributed by atoms with E-state index in [1.165, 1.54) is 18.2 Å². The summed E-state index contributed by atoms with van der Waals surface area (Å²) < 4.78 is 64.7. The Hall–Kier alpha value is -1.90. The van der Waals surface area contributed by atoms with Gasteiger partial charge in [-0.3, -0.25) is 4.55 Å². The first-order valence-corrected chi connectivity index (χ1v) is 10.1. The first kappa shape index (κ1) is 20.4. The Balaban J connectivity index is 1.96. The van der Waals surface area contributed by atoms with Crippen LogP contribution in [0.5, 0.6) is 11.5 Å². The zero-order valence-electron chi connectivity index (χ0n) is 13.4. The fraction of sp³-hybridized carbons (Fsp3) is 0.250. The number of rotatable bonds is 9. The second-order valence-electron chi connectivity index (χ2n) is 5.37. The van der Waals surface area contributed by atoms with Crippen molar-refractivity contribution in [1.29, 1.82) is 0 Å². The van der Waals surface area contributed by atoms with Crippen molar-refractivity contribution in [2.45, 2.75) is 24.7 Å². The molecule has 0 heterocycles. The molecule has 2 aromatic rings. The summed E-state index contributed by atoms with van der Waals surface area (Å²) in [6.07, 6.45) is 0.444. The molecule has 2 rings (SSSR count). The van der Waals surface area contributed by atoms with Crippen LogP contribution in [-0.4, -0.2) is 18.4 Å². The summed E-state index contributed by atoms with van der Waals surface area (Å²) in [6, 6.07) is 12.5. The van der Waals surface area contributed by atoms with Crippen LogP contribution in [0.3, 0.4) is 0 Å². The molecule has 0 fully saturated rings. The number of ether oxygens (including phenoxy) is 1. The molecule has 10 heteroatoms. The van der Waals surface area contributed by atoms with Gasteiger partial charge in [0.1, 0.15) is 17.3 Å². The fourth-order valence-electron chi connectivity index (χ4n) is 2.26. The highest BCUT2D eigenvalue weighted by atomic mass is 32.2. The van der Waals surface area contributed by atoms with Crippen LogP contribution < -0.4 is 9.63 Å². The van der Waals surface area contributed by atoms with Gasteiger partial charge in [-0.25, -0.2) is 4.39 Å². The third kappa shape index (κ3) is 6.78. The molecule has 0 aliphatic carbocycles. The van der Waals surface area contributed by atoms with Crippen LogP contribution in [0, 0.1) is 5.82 Å². The summed E-state index contributed by atoms with van der Waals surface area (Å²) in [4.78, 5) is 10.5. The quantitative estimate of drug-likeness (QED) is 0.506. The van der Waals surface area contributed by atoms with E-state index < -0.39 is 29.6 Å². The summed E-state index contributed by atoms with van der Waals surface area (Å²) in [5.41, 5.74) is -1.03. The molecule has 0 bridgehead atoms. The number of hydrogen-bond acceptors (Lipinski definition) is 6. The molecule has 26 heavy (non-hydrogen) atoms. The number of benzene rings is 2. The summed E-state index contributed by atoms with van der Waals surface area (Å²) in [7, 11) is -8.03. The highest BCUT2D eigenvalue weighted by Crippen LogP contribution is 2.25. The molecule has 0 radical (unpaired) electrons. The van der Waals surface area contributed by atoms with Crippen LogP contribution in [0.15, 0.2) is 48.5 Å². The highest BCUT2D eigenvalue weighted by Gasteiger charge is 2.29. The Morgan fingerprint density at radius 2 is 1.81 bits per heavy atom. The van der Waals surface area contributed by atoms with E-state index in [-0.39, 0.29) is 12.8 Å². The van der Waals surface area contributed by atoms with Crippen molar-refractivity contribution in [3.05, 3.63) is 59.9 Å². The molecule has 0 aromatic heterocycles. The zero-order valence-corrected chi connectivity index (χ0v) is 15.2. The Bertz CT molecular complexity index is 872. The predicted octanol–water partition coefficient (Wildman–Crippen LogP) is 3.19. The molecule has 0 amide bonds. The van der Waals surface area contributed by atoms with Crippen molar-refractivity contribution >= 4 is 18.4 Å². The van der Waals surface area contributed by atoms with E-state index in [0.717, 1.165) is 5.56 Å². The lowest BCUT2D eigenvalue weighted by molar-refractivity contribution is -0.187. The van der Waals surface area contributed by atoms with Gasteiger partial charge in [-0.05, 0) is 53.7 Å². The molecule has 0 spiro atoms. The van der Waals surface area contributed by atoms with E-state index in [1.807, 2.05) is 0 Å². The normalized spacial score (nSPS) is 13.3. The van der Waals surface area contributed by atoms with Crippen molar-refractivity contribution in [2.75, 3.05) is 0 Å². The van der Waals surface area contributed by atoms with Gasteiger partial charge in [0.25, 0.3) is 10.1 Å². The van der Waals surface area contributed by atoms with Crippen LogP contribution in [0.25, 0.3) is 0 Å². The first-order valence-electron chi connectivity index (χ1n) is 7.54. The van der Waals surface area contributed by atoms with Crippen molar-refractivity contribution in [3.63, 3.8) is 0 Å². The van der Waals surface area contributed by atoms with Crippen LogP contribution in [-0.2, 0) is 25.6 Å². The third-order valence-corrected chi connectivity index (χ3v) is 4.94. The first-order chi connectivity index (χ1) is 12.2. The minimum Gasteiger partial charge on any atom is -0.566 e. The van der Waals surface area contributed by atoms with E-state index >= 15 is 0 Å². The van der Waals surface area contributed by atoms with Crippen LogP contribution in [0.2, 0.25) is 0 Å². The van der Waals surface area contributed by atoms with Crippen LogP contribution >= 0.6 is 8.25 Å². The second kappa shape index (κ2) is 9.16. The maximum atomic E-state index is 13.2. The van der Waals surface area contributed by atoms with Gasteiger partial charge >= 0.3 is 8.25 Å². The summed E-state index contributed by atoms with van der Waals surface area (Å²) in [5.74, 6) is 0.381. The predicted molar refractivity (Wildman–Crippen MR) is 89.9 cm³/mol. The zero-order chi connectivity index (χ0) is 19.2. The van der Waals surface area contributed by atoms with Crippen molar-refractivity contribution in [2.24, 2.45) is 0 Å². The Kier molecular flexibility index (Phi) is 7.19. The highest BCUT2D eigenvalue weighted by molar-refractivity contribution is 7.86. The molecule has 2 atom stereocenters. The largest absolute Gasteiger partial charge is 0.566 e. The molecule has 2 unspecified atom stereocenters. The Morgan fingerprint density at radius 3 is 2.42 bits per heavy atom. The van der Waals surface area contributed by atoms with Crippen molar-refractivity contribution in [3.8, 4) is 11.5 Å². The van der Waals surface area contributed by atoms with Gasteiger partial charge in [-0.2, -0.15) is 8.42 Å². The molecule has 0 aliphatic heterocycles. The van der Waals surface area contributed by atoms with Gasteiger partial charge in [-0.1, -0.05) is 18.2 Å². The number of halogens is 1. The summed E-state index contributed by atoms with van der Waals surface area (Å²) in [5, 5.41) is 0. The lowest BCUT2D eigenvalue weighted by atomic mass is 10.1. The minimum atomic E-state index is -4.63. The molecular weight excluding hydrogens is 386 g/mol. The van der Waals surface area contributed by atoms with Gasteiger partial charge in [0, 0.05) is 6.07 Å². The smallest absolute Gasteiger partial charge is 0.489 e. The molecule has 7 nitrogen and oxygen atoms in total. The fourth-order valence-corrected chi connectivity index (χ4v) is 3.66. The SMILES string of the molecule is O=[P+]([O-])OC(CCCc1cccc(Oc2cccc(F)c2)c1)S(=O)(=O)O. The van der Waals surface area contributed by atoms with E-state index in [9.17, 15) is 22.3 Å². The average Bonchev–Trinajstić information content (AvgIpc) is 2.53. The van der Waals surface area contributed by atoms with Gasteiger partial charge in [0.05, 0.1) is 0 Å². The minimum absolute atomic E-state index is 0.197. The molecule has 2 aromatic carbocycles. The lowest BCUT2D eigenvalue weighted by Gasteiger charge is -2.10. The standard InChI is InChI=1S/C16H16FO7PS/c17-13-6-3-8-15(11-13)23-14-7-1-4-12(10-14)5-2-9-16(24-25(18)19)26(20,21)22/h1,3-4,6-8,10-11,16H,2,5,9H2,(H,20,21,22). The van der Waals surface area contributed by atoms with E-state index in [1.54, 1.807) is 30.3 Å². The number of aryl methyl sites for hydroxylation is 1. The maximum absolute atomic E-state index is 13.2. The second-order valence-corrected chi connectivity index (χ2v) is 7.59. The Labute approximate surface area is 151 Å². The van der Waals surface area contributed by atoms with Gasteiger partial charge in [0.2, 0.25) is 5.44 Å². The maximum Gasteiger partial charge on any atom is 0.489 e. The Morgan fingerprint density at radius 1 is 1.15 bits per heavy atom. The summed E-state index contributed by atoms with van der Waals surface area (Å²) in [6.45, 7) is 0. The molecule has 140 valence electrons. The van der Waals surface area contributed by atoms with Crippen LogP contribution in [0.4, 0.5) is 4.39 Å². The van der Waals surface area contributed by atoms with Crippen molar-refractivity contribution < 1.29 is 36.1 Å². The monoisotopic (exact) mass is 402 g/mol. The van der Waals surface area contributed by atoms with Gasteiger partial charge < -0.3 is 9.63 Å². The van der Waals surface area contributed by atoms with Gasteiger partial charge in [-0.15, -0.1) is 4.52 Å². The third-order valence-electron chi connectivity index (χ3n) is 3.37. The molecular formula is C16H16FO7PS. The molecule has 0 aliphatic rings. The summed E-state index contributed by atoms with van der Waals surface area (Å²) >= 11 is 0. The van der Waals surface area contributed by atoms with Crippen molar-refractivity contribution in [1.82, 2.24) is 0 Å². The molecule has 1 N–H and O–H groups in total.